The van der Waals surface area contributed by atoms with Crippen molar-refractivity contribution in [3.8, 4) is 0 Å². The molecule has 4 heteroatoms. The highest BCUT2D eigenvalue weighted by Crippen LogP contribution is 2.40. The maximum absolute atomic E-state index is 13.4. The number of carbonyl (C=O) groups excluding carboxylic acids is 2. The third-order valence-corrected chi connectivity index (χ3v) is 6.15. The Kier molecular flexibility index (Phi) is 5.47. The van der Waals surface area contributed by atoms with Gasteiger partial charge in [0.05, 0.1) is 6.04 Å². The van der Waals surface area contributed by atoms with Gasteiger partial charge in [-0.15, -0.1) is 0 Å². The summed E-state index contributed by atoms with van der Waals surface area (Å²) in [6.07, 6.45) is 6.87. The van der Waals surface area contributed by atoms with Crippen LogP contribution in [0, 0.1) is 0 Å². The van der Waals surface area contributed by atoms with E-state index in [0.29, 0.717) is 5.56 Å². The molecule has 1 fully saturated rings. The Bertz CT molecular complexity index is 841. The molecular formula is C24H28N2O2. The maximum atomic E-state index is 13.4. The topological polar surface area (TPSA) is 49.4 Å². The van der Waals surface area contributed by atoms with Gasteiger partial charge < -0.3 is 10.2 Å². The molecule has 1 aliphatic carbocycles. The van der Waals surface area contributed by atoms with Crippen molar-refractivity contribution < 1.29 is 9.59 Å². The van der Waals surface area contributed by atoms with Crippen molar-refractivity contribution in [2.24, 2.45) is 0 Å². The minimum Gasteiger partial charge on any atom is -0.351 e. The molecule has 1 aliphatic heterocycles. The monoisotopic (exact) mass is 376 g/mol. The van der Waals surface area contributed by atoms with E-state index in [0.717, 1.165) is 36.8 Å². The summed E-state index contributed by atoms with van der Waals surface area (Å²) in [5.41, 5.74) is 2.50. The standard InChI is InChI=1S/C24H28N2O2/c1-17(18-11-5-4-6-12-18)26-22(20-15-9-10-16-21(20)24(26)28)23(27)25-19-13-7-2-3-8-14-19/h4-6,9-12,15-17,19,22H,2-3,7-8,13-14H2,1H3,(H,25,27)/t17-,22+/m1/s1. The third-order valence-electron chi connectivity index (χ3n) is 6.15. The van der Waals surface area contributed by atoms with Crippen molar-refractivity contribution >= 4 is 11.8 Å². The molecule has 0 aromatic heterocycles. The molecule has 146 valence electrons. The molecule has 28 heavy (non-hydrogen) atoms. The highest BCUT2D eigenvalue weighted by Gasteiger charge is 2.43. The summed E-state index contributed by atoms with van der Waals surface area (Å²) in [5.74, 6) is -0.110. The second kappa shape index (κ2) is 8.17. The number of nitrogens with zero attached hydrogens (tertiary/aromatic N) is 1. The van der Waals surface area contributed by atoms with Crippen LogP contribution in [0.2, 0.25) is 0 Å². The van der Waals surface area contributed by atoms with E-state index in [4.69, 9.17) is 0 Å². The van der Waals surface area contributed by atoms with Gasteiger partial charge >= 0.3 is 0 Å². The largest absolute Gasteiger partial charge is 0.351 e. The van der Waals surface area contributed by atoms with Crippen LogP contribution in [0.5, 0.6) is 0 Å². The van der Waals surface area contributed by atoms with Crippen molar-refractivity contribution in [1.82, 2.24) is 10.2 Å². The molecule has 4 nitrogen and oxygen atoms in total. The lowest BCUT2D eigenvalue weighted by atomic mass is 10.0. The molecule has 0 unspecified atom stereocenters. The lowest BCUT2D eigenvalue weighted by Gasteiger charge is -2.32. The number of hydrogen-bond donors (Lipinski definition) is 1. The van der Waals surface area contributed by atoms with Gasteiger partial charge in [-0.3, -0.25) is 9.59 Å². The molecule has 2 atom stereocenters. The first kappa shape index (κ1) is 18.7. The fourth-order valence-electron chi connectivity index (χ4n) is 4.60. The lowest BCUT2D eigenvalue weighted by molar-refractivity contribution is -0.127. The van der Waals surface area contributed by atoms with Crippen LogP contribution in [0.15, 0.2) is 54.6 Å². The van der Waals surface area contributed by atoms with Gasteiger partial charge in [-0.05, 0) is 37.0 Å². The number of fused-ring (bicyclic) bond motifs is 1. The van der Waals surface area contributed by atoms with E-state index < -0.39 is 6.04 Å². The van der Waals surface area contributed by atoms with Gasteiger partial charge in [0.15, 0.2) is 0 Å². The minimum atomic E-state index is -0.567. The van der Waals surface area contributed by atoms with Crippen LogP contribution in [-0.2, 0) is 4.79 Å². The van der Waals surface area contributed by atoms with Gasteiger partial charge in [0, 0.05) is 11.6 Å². The van der Waals surface area contributed by atoms with E-state index >= 15 is 0 Å². The Hall–Kier alpha value is -2.62. The number of benzene rings is 2. The van der Waals surface area contributed by atoms with Crippen molar-refractivity contribution in [2.75, 3.05) is 0 Å². The molecule has 2 amide bonds. The summed E-state index contributed by atoms with van der Waals surface area (Å²) in [6, 6.07) is 16.9. The van der Waals surface area contributed by atoms with E-state index in [2.05, 4.69) is 5.32 Å². The smallest absolute Gasteiger partial charge is 0.255 e. The Morgan fingerprint density at radius 1 is 0.964 bits per heavy atom. The van der Waals surface area contributed by atoms with E-state index in [1.165, 1.54) is 12.8 Å². The van der Waals surface area contributed by atoms with Crippen molar-refractivity contribution in [3.63, 3.8) is 0 Å². The summed E-state index contributed by atoms with van der Waals surface area (Å²) >= 11 is 0. The predicted octanol–water partition coefficient (Wildman–Crippen LogP) is 4.78. The zero-order valence-corrected chi connectivity index (χ0v) is 16.4. The number of amides is 2. The summed E-state index contributed by atoms with van der Waals surface area (Å²) in [4.78, 5) is 28.4. The number of nitrogens with one attached hydrogen (secondary N) is 1. The van der Waals surface area contributed by atoms with E-state index in [-0.39, 0.29) is 23.9 Å². The van der Waals surface area contributed by atoms with Crippen LogP contribution in [0.4, 0.5) is 0 Å². The molecule has 4 rings (SSSR count). The molecule has 2 aliphatic rings. The van der Waals surface area contributed by atoms with Gasteiger partial charge in [-0.25, -0.2) is 0 Å². The van der Waals surface area contributed by atoms with Crippen LogP contribution in [0.3, 0.4) is 0 Å². The molecule has 0 radical (unpaired) electrons. The lowest BCUT2D eigenvalue weighted by Crippen LogP contribution is -2.44. The fraction of sp³-hybridized carbons (Fsp3) is 0.417. The third kappa shape index (κ3) is 3.56. The minimum absolute atomic E-state index is 0.0482. The van der Waals surface area contributed by atoms with Gasteiger partial charge in [0.2, 0.25) is 5.91 Å². The second-order valence-corrected chi connectivity index (χ2v) is 7.99. The first-order chi connectivity index (χ1) is 13.7. The highest BCUT2D eigenvalue weighted by atomic mass is 16.2. The average Bonchev–Trinajstić information content (AvgIpc) is 2.86. The van der Waals surface area contributed by atoms with E-state index in [1.54, 1.807) is 4.90 Å². The highest BCUT2D eigenvalue weighted by molar-refractivity contribution is 6.05. The van der Waals surface area contributed by atoms with Gasteiger partial charge in [-0.1, -0.05) is 74.2 Å². The summed E-state index contributed by atoms with van der Waals surface area (Å²) < 4.78 is 0. The number of carbonyl (C=O) groups is 2. The summed E-state index contributed by atoms with van der Waals surface area (Å²) in [6.45, 7) is 2.01. The van der Waals surface area contributed by atoms with Crippen LogP contribution in [-0.4, -0.2) is 22.8 Å². The molecule has 0 saturated heterocycles. The Balaban J connectivity index is 1.64. The van der Waals surface area contributed by atoms with Crippen LogP contribution in [0.1, 0.15) is 79.0 Å². The molecule has 0 spiro atoms. The Labute approximate surface area is 166 Å². The predicted molar refractivity (Wildman–Crippen MR) is 110 cm³/mol. The average molecular weight is 377 g/mol. The Morgan fingerprint density at radius 3 is 2.32 bits per heavy atom. The summed E-state index contributed by atoms with van der Waals surface area (Å²) in [7, 11) is 0. The van der Waals surface area contributed by atoms with Crippen LogP contribution in [0.25, 0.3) is 0 Å². The molecule has 2 aromatic rings. The van der Waals surface area contributed by atoms with Crippen molar-refractivity contribution in [1.29, 1.82) is 0 Å². The van der Waals surface area contributed by atoms with Crippen LogP contribution < -0.4 is 5.32 Å². The van der Waals surface area contributed by atoms with E-state index in [9.17, 15) is 9.59 Å². The van der Waals surface area contributed by atoms with Crippen LogP contribution >= 0.6 is 0 Å². The SMILES string of the molecule is C[C@H](c1ccccc1)N1C(=O)c2ccccc2[C@H]1C(=O)NC1CCCCCC1. The zero-order valence-electron chi connectivity index (χ0n) is 16.4. The quantitative estimate of drug-likeness (QED) is 0.781. The van der Waals surface area contributed by atoms with Crippen molar-refractivity contribution in [3.05, 3.63) is 71.3 Å². The first-order valence-electron chi connectivity index (χ1n) is 10.4. The molecular weight excluding hydrogens is 348 g/mol. The van der Waals surface area contributed by atoms with Gasteiger partial charge in [0.1, 0.15) is 6.04 Å². The number of rotatable bonds is 4. The van der Waals surface area contributed by atoms with Crippen molar-refractivity contribution in [2.45, 2.75) is 63.6 Å². The summed E-state index contributed by atoms with van der Waals surface area (Å²) in [5, 5.41) is 3.27. The van der Waals surface area contributed by atoms with E-state index in [1.807, 2.05) is 61.5 Å². The Morgan fingerprint density at radius 2 is 1.61 bits per heavy atom. The zero-order chi connectivity index (χ0) is 19.5. The maximum Gasteiger partial charge on any atom is 0.255 e. The second-order valence-electron chi connectivity index (χ2n) is 7.99. The molecule has 1 heterocycles. The molecule has 0 bridgehead atoms. The van der Waals surface area contributed by atoms with Gasteiger partial charge in [0.25, 0.3) is 5.91 Å². The van der Waals surface area contributed by atoms with Gasteiger partial charge in [-0.2, -0.15) is 0 Å². The fourth-order valence-corrected chi connectivity index (χ4v) is 4.60. The molecule has 1 N–H and O–H groups in total. The number of hydrogen-bond acceptors (Lipinski definition) is 2. The molecule has 2 aromatic carbocycles. The normalized spacial score (nSPS) is 21.1. The first-order valence-corrected chi connectivity index (χ1v) is 10.4. The molecule has 1 saturated carbocycles.